The molecule has 11 heavy (non-hydrogen) atoms. The lowest BCUT2D eigenvalue weighted by atomic mass is 9.91. The quantitative estimate of drug-likeness (QED) is 0.601. The second-order valence-corrected chi connectivity index (χ2v) is 2.88. The van der Waals surface area contributed by atoms with E-state index in [1.165, 1.54) is 0 Å². The van der Waals surface area contributed by atoms with Gasteiger partial charge in [-0.1, -0.05) is 20.8 Å². The Kier molecular flexibility index (Phi) is 5.51. The normalized spacial score (nSPS) is 12.0. The molecule has 0 aliphatic rings. The zero-order valence-corrected chi connectivity index (χ0v) is 8.24. The molecule has 0 unspecified atom stereocenters. The summed E-state index contributed by atoms with van der Waals surface area (Å²) in [5.74, 6) is 0. The number of nitrogens with one attached hydrogen (secondary N) is 1. The van der Waals surface area contributed by atoms with Crippen molar-refractivity contribution in [2.24, 2.45) is 0 Å². The Labute approximate surface area is 70.3 Å². The van der Waals surface area contributed by atoms with Crippen LogP contribution in [0.25, 0.3) is 0 Å². The molecule has 0 heterocycles. The lowest BCUT2D eigenvalue weighted by molar-refractivity contribution is -0.0224. The average molecular weight is 159 g/mol. The van der Waals surface area contributed by atoms with Crippen LogP contribution in [0.3, 0.4) is 0 Å². The lowest BCUT2D eigenvalue weighted by Gasteiger charge is -2.30. The molecule has 0 spiro atoms. The Morgan fingerprint density at radius 2 is 1.45 bits per heavy atom. The van der Waals surface area contributed by atoms with E-state index < -0.39 is 0 Å². The maximum atomic E-state index is 5.22. The van der Waals surface area contributed by atoms with Crippen molar-refractivity contribution in [2.45, 2.75) is 52.5 Å². The molecule has 2 heteroatoms. The van der Waals surface area contributed by atoms with E-state index in [0.717, 1.165) is 25.9 Å². The lowest BCUT2D eigenvalue weighted by Crippen LogP contribution is -2.43. The van der Waals surface area contributed by atoms with E-state index in [9.17, 15) is 0 Å². The average Bonchev–Trinajstić information content (AvgIpc) is 2.08. The maximum absolute atomic E-state index is 5.22. The molecule has 0 radical (unpaired) electrons. The van der Waals surface area contributed by atoms with Gasteiger partial charge in [0.2, 0.25) is 0 Å². The molecule has 0 saturated carbocycles. The summed E-state index contributed by atoms with van der Waals surface area (Å²) >= 11 is 0. The molecule has 0 saturated heterocycles. The van der Waals surface area contributed by atoms with E-state index in [1.807, 2.05) is 6.92 Å². The second-order valence-electron chi connectivity index (χ2n) is 2.88. The fourth-order valence-corrected chi connectivity index (χ4v) is 1.19. The Morgan fingerprint density at radius 1 is 1.00 bits per heavy atom. The molecule has 0 aromatic rings. The van der Waals surface area contributed by atoms with Crippen molar-refractivity contribution in [3.05, 3.63) is 0 Å². The largest absolute Gasteiger partial charge is 0.302 e. The summed E-state index contributed by atoms with van der Waals surface area (Å²) in [5, 5.41) is 0. The molecule has 0 aliphatic carbocycles. The van der Waals surface area contributed by atoms with Gasteiger partial charge in [0, 0.05) is 5.54 Å². The molecular formula is C9H21NO. The minimum Gasteiger partial charge on any atom is -0.302 e. The van der Waals surface area contributed by atoms with E-state index in [4.69, 9.17) is 4.84 Å². The molecule has 68 valence electrons. The van der Waals surface area contributed by atoms with Crippen molar-refractivity contribution in [3.8, 4) is 0 Å². The Balaban J connectivity index is 3.84. The van der Waals surface area contributed by atoms with Crippen LogP contribution >= 0.6 is 0 Å². The van der Waals surface area contributed by atoms with Gasteiger partial charge in [-0.05, 0) is 26.2 Å². The first-order valence-corrected chi connectivity index (χ1v) is 4.63. The first-order chi connectivity index (χ1) is 5.24. The van der Waals surface area contributed by atoms with Crippen molar-refractivity contribution >= 4 is 0 Å². The molecule has 0 atom stereocenters. The van der Waals surface area contributed by atoms with Crippen molar-refractivity contribution in [1.82, 2.24) is 5.48 Å². The highest BCUT2D eigenvalue weighted by molar-refractivity contribution is 4.79. The fraction of sp³-hybridized carbons (Fsp3) is 1.00. The third kappa shape index (κ3) is 3.21. The van der Waals surface area contributed by atoms with Gasteiger partial charge in [-0.3, -0.25) is 0 Å². The van der Waals surface area contributed by atoms with Crippen LogP contribution in [-0.4, -0.2) is 12.1 Å². The van der Waals surface area contributed by atoms with Crippen LogP contribution in [0, 0.1) is 0 Å². The summed E-state index contributed by atoms with van der Waals surface area (Å²) in [4.78, 5) is 5.22. The van der Waals surface area contributed by atoms with Crippen molar-refractivity contribution < 1.29 is 4.84 Å². The number of hydrogen-bond donors (Lipinski definition) is 1. The predicted octanol–water partition coefficient (Wildman–Crippen LogP) is 2.50. The van der Waals surface area contributed by atoms with Gasteiger partial charge in [0.15, 0.2) is 0 Å². The molecule has 0 amide bonds. The standard InChI is InChI=1S/C9H21NO/c1-5-9(6-2,7-3)10-11-8-4/h10H,5-8H2,1-4H3. The van der Waals surface area contributed by atoms with Crippen LogP contribution in [0.1, 0.15) is 47.0 Å². The summed E-state index contributed by atoms with van der Waals surface area (Å²) in [6.45, 7) is 9.32. The molecule has 1 N–H and O–H groups in total. The Morgan fingerprint density at radius 3 is 1.73 bits per heavy atom. The van der Waals surface area contributed by atoms with Gasteiger partial charge < -0.3 is 4.84 Å². The SMILES string of the molecule is CCONC(CC)(CC)CC. The monoisotopic (exact) mass is 159 g/mol. The number of rotatable bonds is 6. The zero-order valence-electron chi connectivity index (χ0n) is 8.24. The van der Waals surface area contributed by atoms with Gasteiger partial charge >= 0.3 is 0 Å². The van der Waals surface area contributed by atoms with E-state index in [1.54, 1.807) is 0 Å². The van der Waals surface area contributed by atoms with Crippen molar-refractivity contribution in [2.75, 3.05) is 6.61 Å². The summed E-state index contributed by atoms with van der Waals surface area (Å²) < 4.78 is 0. The Bertz CT molecular complexity index is 81.3. The van der Waals surface area contributed by atoms with E-state index >= 15 is 0 Å². The van der Waals surface area contributed by atoms with Crippen LogP contribution in [-0.2, 0) is 4.84 Å². The van der Waals surface area contributed by atoms with Crippen LogP contribution in [0.4, 0.5) is 0 Å². The van der Waals surface area contributed by atoms with Crippen molar-refractivity contribution in [1.29, 1.82) is 0 Å². The highest BCUT2D eigenvalue weighted by Gasteiger charge is 2.22. The van der Waals surface area contributed by atoms with Crippen molar-refractivity contribution in [3.63, 3.8) is 0 Å². The molecule has 0 rings (SSSR count). The summed E-state index contributed by atoms with van der Waals surface area (Å²) in [6.07, 6.45) is 3.38. The highest BCUT2D eigenvalue weighted by Crippen LogP contribution is 2.18. The molecule has 0 aromatic carbocycles. The first kappa shape index (κ1) is 10.9. The molecule has 0 fully saturated rings. The molecule has 0 bridgehead atoms. The molecular weight excluding hydrogens is 138 g/mol. The molecule has 2 nitrogen and oxygen atoms in total. The van der Waals surface area contributed by atoms with Gasteiger partial charge in [0.05, 0.1) is 6.61 Å². The Hall–Kier alpha value is -0.0800. The minimum atomic E-state index is 0.204. The first-order valence-electron chi connectivity index (χ1n) is 4.63. The van der Waals surface area contributed by atoms with Crippen LogP contribution in [0.15, 0.2) is 0 Å². The van der Waals surface area contributed by atoms with Gasteiger partial charge in [-0.25, -0.2) is 0 Å². The van der Waals surface area contributed by atoms with E-state index in [0.29, 0.717) is 0 Å². The van der Waals surface area contributed by atoms with Gasteiger partial charge in [-0.15, -0.1) is 0 Å². The van der Waals surface area contributed by atoms with E-state index in [-0.39, 0.29) is 5.54 Å². The molecule has 0 aliphatic heterocycles. The predicted molar refractivity (Wildman–Crippen MR) is 48.4 cm³/mol. The van der Waals surface area contributed by atoms with Gasteiger partial charge in [-0.2, -0.15) is 5.48 Å². The van der Waals surface area contributed by atoms with E-state index in [2.05, 4.69) is 26.3 Å². The summed E-state index contributed by atoms with van der Waals surface area (Å²) in [5.41, 5.74) is 3.34. The van der Waals surface area contributed by atoms with Gasteiger partial charge in [0.1, 0.15) is 0 Å². The second kappa shape index (κ2) is 5.56. The van der Waals surface area contributed by atoms with Gasteiger partial charge in [0.25, 0.3) is 0 Å². The van der Waals surface area contributed by atoms with Crippen LogP contribution in [0.2, 0.25) is 0 Å². The topological polar surface area (TPSA) is 21.3 Å². The fourth-order valence-electron chi connectivity index (χ4n) is 1.19. The van der Waals surface area contributed by atoms with Crippen LogP contribution < -0.4 is 5.48 Å². The highest BCUT2D eigenvalue weighted by atomic mass is 16.6. The zero-order chi connectivity index (χ0) is 8.74. The third-order valence-corrected chi connectivity index (χ3v) is 2.46. The minimum absolute atomic E-state index is 0.204. The molecule has 0 aromatic heterocycles. The number of hydrogen-bond acceptors (Lipinski definition) is 2. The third-order valence-electron chi connectivity index (χ3n) is 2.46. The smallest absolute Gasteiger partial charge is 0.0654 e. The summed E-state index contributed by atoms with van der Waals surface area (Å²) in [6, 6.07) is 0. The maximum Gasteiger partial charge on any atom is 0.0654 e. The van der Waals surface area contributed by atoms with Crippen LogP contribution in [0.5, 0.6) is 0 Å². The number of hydroxylamine groups is 1. The summed E-state index contributed by atoms with van der Waals surface area (Å²) in [7, 11) is 0.